The third-order valence-corrected chi connectivity index (χ3v) is 23.2. The molecule has 0 amide bonds. The molecule has 0 aromatic heterocycles. The molecular formula is C86H138BClO27P13S3. The summed E-state index contributed by atoms with van der Waals surface area (Å²) < 4.78 is 106. The zero-order valence-corrected chi connectivity index (χ0v) is 92.6. The topological polar surface area (TPSA) is 362 Å². The number of esters is 4. The molecule has 4 rings (SSSR count). The smallest absolute Gasteiger partial charge is 0.356 e. The van der Waals surface area contributed by atoms with Gasteiger partial charge in [0, 0.05) is 161 Å². The SMILES string of the molecule is CC(C)(/C=C/[C@H]1CC=CC(=O)O1)C(C[C@H](\C=C/C=C\C=C\COP)OPP)OCCl.CC(C)(/C=C/[C@H]1CC=CC(=O)O1)[C@H](O)C[C@H](\C=C/C=C\C=C\COP)OPP.CCOP(=O)(COC(C[C@H](\C=C/C=C\C=C\COP)OPP)C(C)(C)/C=C/[C@H]1CC=CC(=O)O1)OCC.C[C@@](O)(/C=C/[C@H]1CC=CC(=O)O1)C(C[C@@H](O)\C=C/C=C\C=C\CO)OCP(=O)(O)O.PS.S=PS.[B]. The van der Waals surface area contributed by atoms with Crippen LogP contribution in [0.4, 0.5) is 0 Å². The van der Waals surface area contributed by atoms with Gasteiger partial charge in [0.05, 0.1) is 88.5 Å². The Bertz CT molecular complexity index is 3880. The van der Waals surface area contributed by atoms with E-state index in [-0.39, 0.29) is 139 Å². The number of aliphatic hydroxyl groups excluding tert-OH is 3. The van der Waals surface area contributed by atoms with Gasteiger partial charge in [0.15, 0.2) is 0 Å². The first-order valence-electron chi connectivity index (χ1n) is 40.8. The molecule has 3 radical (unpaired) electrons. The lowest BCUT2D eigenvalue weighted by Crippen LogP contribution is -2.42. The zero-order valence-electron chi connectivity index (χ0n) is 75.4. The second kappa shape index (κ2) is 83.0. The standard InChI is InChI=1S/C25H42O8P4.C21H32ClO5P3.C20H29O9P.C20H31O5P3.B.HPS2.H3PS/c1-5-30-37(27,31-6-2)20-28-23(25(3,4)17-16-21-14-12-15-24(26)32-21)19-22(33-36-35)13-10-8-7-9-11-18-29-34;1-21(2,13-12-17-10-8-11-20(23)26-17)19(24-16-22)15-18(27-30-29)9-6-4-3-5-7-14-25-28;1-20(24,12-11-17-9-7-10-19(23)29-17)18(28-15-30(25,26)27)14-16(22)8-5-3-2-4-6-13-21;1-20(2,13-12-16-10-8-11-19(22)24-16)18(21)15-17(25-28-27)9-6-4-3-5-7-14-23-26;;2-1-3;1-2/h7-13,15-17,21-23,36H,5-6,14,18-20,34-35H2,1-4H3;3-9,11-13,17-19,30H,10,14-16,28-29H2,1-2H3;2-8,10-12,16-18,21-22,24H,9,13-15H2,1H3,(H2,25,26,27);3-9,11-13,16-18,21,28H,10,14-15,26-27H2,1-2H3;;(H,2,3);2H,1H2/b8-7-,11-9+,13-10-,17-16+;4-3-,7-5+,9-6-,13-12+;3-2-,6-4+,8-5-,12-11+;4-3-,7-5+,9-6-,13-12+;;;/t21-,22+,23?;17-,18+,19?;16-,17+,18?,20+;16-,17+,18-;;;/m1101.../s1. The molecule has 0 spiro atoms. The molecule has 0 bridgehead atoms. The maximum Gasteiger partial charge on any atom is 0.356 e. The summed E-state index contributed by atoms with van der Waals surface area (Å²) in [6.07, 6.45) is 68.2. The molecule has 45 heteroatoms. The lowest BCUT2D eigenvalue weighted by molar-refractivity contribution is -0.142. The van der Waals surface area contributed by atoms with Crippen molar-refractivity contribution in [3.05, 3.63) is 243 Å². The largest absolute Gasteiger partial charge is 0.455 e. The molecule has 0 saturated heterocycles. The maximum atomic E-state index is 13.1. The highest BCUT2D eigenvalue weighted by Crippen LogP contribution is 2.49. The van der Waals surface area contributed by atoms with E-state index in [9.17, 15) is 43.6 Å². The van der Waals surface area contributed by atoms with Crippen LogP contribution in [0.25, 0.3) is 0 Å². The molecule has 737 valence electrons. The van der Waals surface area contributed by atoms with Crippen LogP contribution in [-0.2, 0) is 109 Å². The number of allylic oxidation sites excluding steroid dienone is 16. The average Bonchev–Trinajstić information content (AvgIpc) is 0.845. The molecule has 23 atom stereocenters. The average molecular weight is 2150 g/mol. The Balaban J connectivity index is -0.00000164. The van der Waals surface area contributed by atoms with Gasteiger partial charge in [-0.05, 0) is 56.9 Å². The van der Waals surface area contributed by atoms with E-state index in [1.807, 2.05) is 180 Å². The molecule has 0 aromatic rings. The fourth-order valence-corrected chi connectivity index (χ4v) is 15.8. The monoisotopic (exact) mass is 2150 g/mol. The van der Waals surface area contributed by atoms with Crippen molar-refractivity contribution in [2.45, 2.75) is 193 Å². The van der Waals surface area contributed by atoms with Gasteiger partial charge in [0.2, 0.25) is 0 Å². The molecule has 4 heterocycles. The van der Waals surface area contributed by atoms with Crippen LogP contribution in [0.15, 0.2) is 243 Å². The third-order valence-electron chi connectivity index (χ3n) is 17.7. The number of rotatable bonds is 57. The Morgan fingerprint density at radius 2 is 0.817 bits per heavy atom. The minimum Gasteiger partial charge on any atom is -0.455 e. The van der Waals surface area contributed by atoms with Crippen LogP contribution in [0.3, 0.4) is 0 Å². The molecule has 0 aromatic carbocycles. The van der Waals surface area contributed by atoms with Gasteiger partial charge >= 0.3 is 39.1 Å². The molecule has 27 nitrogen and oxygen atoms in total. The molecular weight excluding hydrogens is 2010 g/mol. The fourth-order valence-electron chi connectivity index (χ4n) is 11.0. The van der Waals surface area contributed by atoms with Crippen molar-refractivity contribution in [2.24, 2.45) is 16.2 Å². The number of thiol groups is 2. The Labute approximate surface area is 823 Å². The first-order valence-corrected chi connectivity index (χ1v) is 59.5. The predicted octanol–water partition coefficient (Wildman–Crippen LogP) is 19.4. The minimum atomic E-state index is -4.50. The van der Waals surface area contributed by atoms with Crippen molar-refractivity contribution in [3.63, 3.8) is 0 Å². The van der Waals surface area contributed by atoms with Crippen molar-refractivity contribution in [1.29, 1.82) is 0 Å². The highest BCUT2D eigenvalue weighted by atomic mass is 35.5. The van der Waals surface area contributed by atoms with E-state index in [4.69, 9.17) is 95.8 Å². The first kappa shape index (κ1) is 133. The molecule has 13 unspecified atom stereocenters. The lowest BCUT2D eigenvalue weighted by Gasteiger charge is -2.34. The van der Waals surface area contributed by atoms with Crippen molar-refractivity contribution in [1.82, 2.24) is 0 Å². The summed E-state index contributed by atoms with van der Waals surface area (Å²) in [5.74, 6) is -1.51. The van der Waals surface area contributed by atoms with E-state index in [1.54, 1.807) is 56.4 Å². The van der Waals surface area contributed by atoms with E-state index in [2.05, 4.69) is 114 Å². The zero-order chi connectivity index (χ0) is 98.0. The van der Waals surface area contributed by atoms with E-state index in [0.717, 1.165) is 0 Å². The third kappa shape index (κ3) is 71.4. The summed E-state index contributed by atoms with van der Waals surface area (Å²) in [6.45, 7) is 19.7. The highest BCUT2D eigenvalue weighted by molar-refractivity contribution is 8.49. The van der Waals surface area contributed by atoms with Gasteiger partial charge in [-0.1, -0.05) is 283 Å². The number of carbonyl (C=O) groups excluding carboxylic acids is 4. The Kier molecular flexibility index (Phi) is 84.6. The summed E-state index contributed by atoms with van der Waals surface area (Å²) >= 11 is 17.2. The summed E-state index contributed by atoms with van der Waals surface area (Å²) in [5, 5.41) is 40.3. The second-order valence-electron chi connectivity index (χ2n) is 29.4. The van der Waals surface area contributed by atoms with Gasteiger partial charge in [0.1, 0.15) is 48.8 Å². The van der Waals surface area contributed by atoms with Crippen molar-refractivity contribution in [3.8, 4) is 0 Å². The first-order chi connectivity index (χ1) is 61.9. The molecule has 131 heavy (non-hydrogen) atoms. The normalized spacial score (nSPS) is 19.9. The molecule has 4 aliphatic heterocycles. The van der Waals surface area contributed by atoms with Crippen molar-refractivity contribution < 1.29 is 128 Å². The maximum absolute atomic E-state index is 13.1. The molecule has 4 aliphatic rings. The summed E-state index contributed by atoms with van der Waals surface area (Å²) in [5.41, 5.74) is -3.05. The second-order valence-corrected chi connectivity index (χ2v) is 39.9. The van der Waals surface area contributed by atoms with E-state index >= 15 is 0 Å². The van der Waals surface area contributed by atoms with Crippen molar-refractivity contribution >= 4 is 191 Å². The molecule has 0 saturated carbocycles. The number of halogens is 1. The van der Waals surface area contributed by atoms with Crippen LogP contribution in [0, 0.1) is 16.2 Å². The number of hydrogen-bond acceptors (Lipinski definition) is 27. The minimum absolute atomic E-state index is 0. The fraction of sp³-hybridized carbons (Fsp3) is 0.488. The van der Waals surface area contributed by atoms with Gasteiger partial charge in [-0.25, -0.2) is 19.2 Å². The van der Waals surface area contributed by atoms with Crippen molar-refractivity contribution in [2.75, 3.05) is 58.4 Å². The van der Waals surface area contributed by atoms with Gasteiger partial charge < -0.3 is 99.6 Å². The number of ether oxygens (including phenoxy) is 7. The highest BCUT2D eigenvalue weighted by Gasteiger charge is 2.38. The van der Waals surface area contributed by atoms with E-state index < -0.39 is 74.5 Å². The molecule has 0 fully saturated rings. The Morgan fingerprint density at radius 3 is 1.14 bits per heavy atom. The van der Waals surface area contributed by atoms with Crippen LogP contribution in [-0.4, -0.2) is 200 Å². The van der Waals surface area contributed by atoms with Gasteiger partial charge in [-0.15, -0.1) is 12.2 Å². The summed E-state index contributed by atoms with van der Waals surface area (Å²) in [4.78, 5) is 63.8. The number of carbonyl (C=O) groups is 4. The van der Waals surface area contributed by atoms with E-state index in [1.165, 1.54) is 55.5 Å². The predicted molar refractivity (Wildman–Crippen MR) is 572 cm³/mol. The van der Waals surface area contributed by atoms with E-state index in [0.29, 0.717) is 71.3 Å². The molecule has 0 aliphatic carbocycles. The van der Waals surface area contributed by atoms with Gasteiger partial charge in [-0.3, -0.25) is 9.13 Å². The number of alkyl halides is 1. The molecule has 6 N–H and O–H groups in total. The lowest BCUT2D eigenvalue weighted by atomic mass is 9.82. The van der Waals surface area contributed by atoms with Crippen LogP contribution < -0.4 is 0 Å². The quantitative estimate of drug-likeness (QED) is 0.00410. The van der Waals surface area contributed by atoms with Crippen LogP contribution in [0.5, 0.6) is 0 Å². The Hall–Kier alpha value is -1.67. The summed E-state index contributed by atoms with van der Waals surface area (Å²) in [6, 6.07) is 0.0885. The van der Waals surface area contributed by atoms with Crippen LogP contribution >= 0.6 is 147 Å². The van der Waals surface area contributed by atoms with Crippen LogP contribution in [0.2, 0.25) is 0 Å². The number of cyclic esters (lactones) is 4. The van der Waals surface area contributed by atoms with Gasteiger partial charge in [0.25, 0.3) is 0 Å². The number of hydrogen-bond donors (Lipinski definition) is 8. The summed E-state index contributed by atoms with van der Waals surface area (Å²) in [7, 11) is 9.29. The van der Waals surface area contributed by atoms with Crippen LogP contribution in [0.1, 0.15) is 114 Å². The Morgan fingerprint density at radius 1 is 0.504 bits per heavy atom. The van der Waals surface area contributed by atoms with Gasteiger partial charge in [-0.2, -0.15) is 12.2 Å². The number of aliphatic hydroxyl groups is 4.